The molecule has 2 aliphatic rings. The van der Waals surface area contributed by atoms with Gasteiger partial charge in [0.15, 0.2) is 11.5 Å². The lowest BCUT2D eigenvalue weighted by Gasteiger charge is -2.39. The van der Waals surface area contributed by atoms with Gasteiger partial charge in [-0.2, -0.15) is 0 Å². The minimum Gasteiger partial charge on any atom is -0.493 e. The highest BCUT2D eigenvalue weighted by Gasteiger charge is 2.36. The van der Waals surface area contributed by atoms with E-state index >= 15 is 0 Å². The van der Waals surface area contributed by atoms with E-state index in [2.05, 4.69) is 18.0 Å². The van der Waals surface area contributed by atoms with Crippen LogP contribution in [0, 0.1) is 5.82 Å². The van der Waals surface area contributed by atoms with Gasteiger partial charge >= 0.3 is 0 Å². The van der Waals surface area contributed by atoms with Crippen LogP contribution in [-0.2, 0) is 0 Å². The average Bonchev–Trinajstić information content (AvgIpc) is 2.67. The molecule has 2 aromatic rings. The zero-order valence-electron chi connectivity index (χ0n) is 15.3. The largest absolute Gasteiger partial charge is 0.493 e. The number of nitrogens with zero attached hydrogens (tertiary/aromatic N) is 2. The Morgan fingerprint density at radius 2 is 1.77 bits per heavy atom. The minimum atomic E-state index is -0.241. The van der Waals surface area contributed by atoms with E-state index in [0.717, 1.165) is 42.1 Å². The van der Waals surface area contributed by atoms with Gasteiger partial charge < -0.3 is 14.4 Å². The number of benzene rings is 2. The molecular formula is C21H23FN2O2. The van der Waals surface area contributed by atoms with Gasteiger partial charge in [0, 0.05) is 23.6 Å². The average molecular weight is 354 g/mol. The number of ether oxygens (including phenoxy) is 2. The van der Waals surface area contributed by atoms with E-state index in [1.807, 2.05) is 6.07 Å². The predicted molar refractivity (Wildman–Crippen MR) is 100 cm³/mol. The number of likely N-dealkylation sites (tertiary alicyclic amines) is 1. The molecule has 26 heavy (non-hydrogen) atoms. The van der Waals surface area contributed by atoms with Crippen LogP contribution in [0.15, 0.2) is 41.4 Å². The molecule has 0 N–H and O–H groups in total. The van der Waals surface area contributed by atoms with E-state index in [1.165, 1.54) is 17.7 Å². The second-order valence-corrected chi connectivity index (χ2v) is 7.00. The number of methoxy groups -OCH3 is 2. The van der Waals surface area contributed by atoms with Gasteiger partial charge in [0.25, 0.3) is 0 Å². The van der Waals surface area contributed by atoms with Crippen LogP contribution < -0.4 is 9.47 Å². The van der Waals surface area contributed by atoms with Crippen molar-refractivity contribution in [3.8, 4) is 11.5 Å². The molecule has 0 bridgehead atoms. The highest BCUT2D eigenvalue weighted by molar-refractivity contribution is 6.15. The molecule has 1 saturated heterocycles. The molecule has 2 heterocycles. The molecule has 0 aliphatic carbocycles. The fourth-order valence-corrected chi connectivity index (χ4v) is 4.04. The van der Waals surface area contributed by atoms with Crippen LogP contribution in [0.3, 0.4) is 0 Å². The molecule has 0 aromatic heterocycles. The van der Waals surface area contributed by atoms with Crippen LogP contribution in [0.2, 0.25) is 0 Å². The summed E-state index contributed by atoms with van der Waals surface area (Å²) < 4.78 is 24.4. The van der Waals surface area contributed by atoms with Crippen molar-refractivity contribution in [3.63, 3.8) is 0 Å². The van der Waals surface area contributed by atoms with Gasteiger partial charge in [0.1, 0.15) is 5.82 Å². The third-order valence-corrected chi connectivity index (χ3v) is 5.40. The number of fused-ring (bicyclic) bond motifs is 3. The summed E-state index contributed by atoms with van der Waals surface area (Å²) in [4.78, 5) is 7.43. The Morgan fingerprint density at radius 3 is 2.46 bits per heavy atom. The SMILES string of the molecule is COc1cc2c(cc1OC)[C@H]1CN(C)CC[C@H]1N=C2c1ccc(F)cc1. The lowest BCUT2D eigenvalue weighted by Crippen LogP contribution is -2.41. The number of halogens is 1. The molecule has 4 nitrogen and oxygen atoms in total. The molecule has 2 atom stereocenters. The van der Waals surface area contributed by atoms with Crippen molar-refractivity contribution in [3.05, 3.63) is 58.9 Å². The number of piperidine rings is 1. The van der Waals surface area contributed by atoms with E-state index in [0.29, 0.717) is 11.7 Å². The third kappa shape index (κ3) is 2.86. The van der Waals surface area contributed by atoms with E-state index in [9.17, 15) is 4.39 Å². The summed E-state index contributed by atoms with van der Waals surface area (Å²) in [6.07, 6.45) is 1.01. The Hall–Kier alpha value is -2.40. The van der Waals surface area contributed by atoms with Gasteiger partial charge in [-0.05, 0) is 62.0 Å². The summed E-state index contributed by atoms with van der Waals surface area (Å²) in [5, 5.41) is 0. The molecule has 2 aromatic carbocycles. The minimum absolute atomic E-state index is 0.233. The molecule has 2 aliphatic heterocycles. The molecular weight excluding hydrogens is 331 g/mol. The first-order valence-corrected chi connectivity index (χ1v) is 8.89. The second kappa shape index (κ2) is 6.72. The van der Waals surface area contributed by atoms with Crippen LogP contribution in [-0.4, -0.2) is 51.0 Å². The first-order valence-electron chi connectivity index (χ1n) is 8.89. The normalized spacial score (nSPS) is 22.2. The number of likely N-dealkylation sites (N-methyl/N-ethyl adjacent to an activating group) is 1. The van der Waals surface area contributed by atoms with Gasteiger partial charge in [-0.1, -0.05) is 0 Å². The monoisotopic (exact) mass is 354 g/mol. The van der Waals surface area contributed by atoms with Crippen molar-refractivity contribution < 1.29 is 13.9 Å². The van der Waals surface area contributed by atoms with Gasteiger partial charge in [-0.3, -0.25) is 4.99 Å². The molecule has 0 saturated carbocycles. The molecule has 4 rings (SSSR count). The van der Waals surface area contributed by atoms with Crippen LogP contribution in [0.25, 0.3) is 0 Å². The first-order chi connectivity index (χ1) is 12.6. The fraction of sp³-hybridized carbons (Fsp3) is 0.381. The molecule has 5 heteroatoms. The number of aliphatic imine (C=N–C) groups is 1. The Bertz CT molecular complexity index is 848. The quantitative estimate of drug-likeness (QED) is 0.846. The third-order valence-electron chi connectivity index (χ3n) is 5.40. The summed E-state index contributed by atoms with van der Waals surface area (Å²) in [5.74, 6) is 1.50. The van der Waals surface area contributed by atoms with Gasteiger partial charge in [0.05, 0.1) is 26.0 Å². The topological polar surface area (TPSA) is 34.1 Å². The molecule has 0 radical (unpaired) electrons. The van der Waals surface area contributed by atoms with Crippen molar-refractivity contribution in [2.75, 3.05) is 34.4 Å². The maximum atomic E-state index is 13.4. The van der Waals surface area contributed by atoms with Gasteiger partial charge in [-0.25, -0.2) is 4.39 Å². The predicted octanol–water partition coefficient (Wildman–Crippen LogP) is 3.48. The summed E-state index contributed by atoms with van der Waals surface area (Å²) in [6.45, 7) is 2.00. The van der Waals surface area contributed by atoms with Crippen LogP contribution in [0.1, 0.15) is 29.0 Å². The van der Waals surface area contributed by atoms with Crippen LogP contribution >= 0.6 is 0 Å². The zero-order chi connectivity index (χ0) is 18.3. The number of rotatable bonds is 3. The van der Waals surface area contributed by atoms with E-state index in [-0.39, 0.29) is 11.9 Å². The van der Waals surface area contributed by atoms with Crippen molar-refractivity contribution in [2.24, 2.45) is 4.99 Å². The summed E-state index contributed by atoms with van der Waals surface area (Å²) in [6, 6.07) is 10.9. The van der Waals surface area contributed by atoms with E-state index in [4.69, 9.17) is 14.5 Å². The Labute approximate surface area is 153 Å². The van der Waals surface area contributed by atoms with E-state index < -0.39 is 0 Å². The van der Waals surface area contributed by atoms with Crippen molar-refractivity contribution in [2.45, 2.75) is 18.4 Å². The molecule has 136 valence electrons. The highest BCUT2D eigenvalue weighted by atomic mass is 19.1. The van der Waals surface area contributed by atoms with Crippen molar-refractivity contribution >= 4 is 5.71 Å². The second-order valence-electron chi connectivity index (χ2n) is 7.00. The molecule has 1 fully saturated rings. The van der Waals surface area contributed by atoms with Crippen molar-refractivity contribution in [1.82, 2.24) is 4.90 Å². The summed E-state index contributed by atoms with van der Waals surface area (Å²) in [7, 11) is 5.45. The van der Waals surface area contributed by atoms with Crippen molar-refractivity contribution in [1.29, 1.82) is 0 Å². The Balaban J connectivity index is 1.89. The molecule has 0 unspecified atom stereocenters. The van der Waals surface area contributed by atoms with E-state index in [1.54, 1.807) is 26.4 Å². The Morgan fingerprint density at radius 1 is 1.08 bits per heavy atom. The molecule has 0 amide bonds. The smallest absolute Gasteiger partial charge is 0.161 e. The number of hydrogen-bond acceptors (Lipinski definition) is 4. The lowest BCUT2D eigenvalue weighted by atomic mass is 9.79. The molecule has 0 spiro atoms. The maximum Gasteiger partial charge on any atom is 0.161 e. The van der Waals surface area contributed by atoms with Gasteiger partial charge in [-0.15, -0.1) is 0 Å². The van der Waals surface area contributed by atoms with Crippen LogP contribution in [0.5, 0.6) is 11.5 Å². The standard InChI is InChI=1S/C21H23FN2O2/c1-24-9-8-18-17(12-24)15-10-19(25-2)20(26-3)11-16(15)21(23-18)13-4-6-14(22)7-5-13/h4-7,10-11,17-18H,8-9,12H2,1-3H3/t17-,18-/m1/s1. The fourth-order valence-electron chi connectivity index (χ4n) is 4.04. The van der Waals surface area contributed by atoms with Crippen LogP contribution in [0.4, 0.5) is 4.39 Å². The maximum absolute atomic E-state index is 13.4. The summed E-state index contributed by atoms with van der Waals surface area (Å²) >= 11 is 0. The van der Waals surface area contributed by atoms with Gasteiger partial charge in [0.2, 0.25) is 0 Å². The summed E-state index contributed by atoms with van der Waals surface area (Å²) in [5.41, 5.74) is 4.11. The zero-order valence-corrected chi connectivity index (χ0v) is 15.3. The Kier molecular flexibility index (Phi) is 4.41. The highest BCUT2D eigenvalue weighted by Crippen LogP contribution is 2.42. The lowest BCUT2D eigenvalue weighted by molar-refractivity contribution is 0.227. The number of hydrogen-bond donors (Lipinski definition) is 0. The first kappa shape index (κ1) is 17.0.